The Morgan fingerprint density at radius 2 is 2.00 bits per heavy atom. The number of urea groups is 1. The van der Waals surface area contributed by atoms with Crippen molar-refractivity contribution in [3.8, 4) is 0 Å². The number of hydrogen-bond acceptors (Lipinski definition) is 3. The van der Waals surface area contributed by atoms with E-state index in [1.807, 2.05) is 6.07 Å². The van der Waals surface area contributed by atoms with E-state index in [-0.39, 0.29) is 6.02 Å². The number of para-hydroxylation sites is 1. The molecule has 0 saturated heterocycles. The molecule has 2 amide bonds. The summed E-state index contributed by atoms with van der Waals surface area (Å²) in [7, 11) is 1.31. The molecule has 0 bridgehead atoms. The van der Waals surface area contributed by atoms with Crippen LogP contribution >= 0.6 is 0 Å². The smallest absolute Gasteiger partial charge is 0.327 e. The molecule has 1 aromatic carbocycles. The number of nitrogens with one attached hydrogen (secondary N) is 3. The van der Waals surface area contributed by atoms with Gasteiger partial charge in [-0.3, -0.25) is 10.7 Å². The first kappa shape index (κ1) is 10.0. The highest BCUT2D eigenvalue weighted by atomic mass is 16.5. The van der Waals surface area contributed by atoms with Gasteiger partial charge in [-0.05, 0) is 12.1 Å². The lowest BCUT2D eigenvalue weighted by atomic mass is 10.3. The molecule has 1 rings (SSSR count). The zero-order chi connectivity index (χ0) is 10.4. The lowest BCUT2D eigenvalue weighted by Gasteiger charge is -2.06. The van der Waals surface area contributed by atoms with E-state index in [1.54, 1.807) is 24.3 Å². The highest BCUT2D eigenvalue weighted by Crippen LogP contribution is 2.03. The number of anilines is 1. The molecular weight excluding hydrogens is 182 g/mol. The van der Waals surface area contributed by atoms with Gasteiger partial charge in [0.05, 0.1) is 7.11 Å². The minimum Gasteiger partial charge on any atom is -0.468 e. The molecule has 14 heavy (non-hydrogen) atoms. The van der Waals surface area contributed by atoms with Crippen molar-refractivity contribution in [2.45, 2.75) is 0 Å². The molecule has 0 aliphatic heterocycles. The average molecular weight is 193 g/mol. The molecule has 0 atom stereocenters. The van der Waals surface area contributed by atoms with Crippen LogP contribution in [0.2, 0.25) is 0 Å². The van der Waals surface area contributed by atoms with Crippen LogP contribution in [0.25, 0.3) is 0 Å². The summed E-state index contributed by atoms with van der Waals surface area (Å²) in [5.41, 5.74) is 0.661. The third-order valence-corrected chi connectivity index (χ3v) is 1.46. The lowest BCUT2D eigenvalue weighted by molar-refractivity contribution is 0.253. The molecule has 5 nitrogen and oxygen atoms in total. The Bertz CT molecular complexity index is 324. The largest absolute Gasteiger partial charge is 0.468 e. The van der Waals surface area contributed by atoms with Crippen LogP contribution in [0.4, 0.5) is 10.5 Å². The van der Waals surface area contributed by atoms with E-state index < -0.39 is 6.03 Å². The van der Waals surface area contributed by atoms with Crippen molar-refractivity contribution in [3.63, 3.8) is 0 Å². The average Bonchev–Trinajstić information content (AvgIpc) is 2.19. The molecule has 0 aliphatic rings. The van der Waals surface area contributed by atoms with Gasteiger partial charge in [0.1, 0.15) is 0 Å². The molecule has 0 spiro atoms. The number of amidine groups is 1. The third kappa shape index (κ3) is 3.14. The van der Waals surface area contributed by atoms with Crippen molar-refractivity contribution in [2.24, 2.45) is 0 Å². The Hall–Kier alpha value is -2.04. The molecule has 74 valence electrons. The Balaban J connectivity index is 2.46. The van der Waals surface area contributed by atoms with Gasteiger partial charge in [0, 0.05) is 5.69 Å². The quantitative estimate of drug-likeness (QED) is 0.465. The molecule has 0 fully saturated rings. The molecule has 0 saturated carbocycles. The van der Waals surface area contributed by atoms with E-state index in [0.717, 1.165) is 0 Å². The molecule has 3 N–H and O–H groups in total. The van der Waals surface area contributed by atoms with Crippen molar-refractivity contribution < 1.29 is 9.53 Å². The van der Waals surface area contributed by atoms with Crippen LogP contribution in [-0.4, -0.2) is 19.2 Å². The van der Waals surface area contributed by atoms with Gasteiger partial charge < -0.3 is 10.1 Å². The second-order valence-corrected chi connectivity index (χ2v) is 2.48. The summed E-state index contributed by atoms with van der Waals surface area (Å²) in [5.74, 6) is 0. The van der Waals surface area contributed by atoms with Gasteiger partial charge in [0.2, 0.25) is 0 Å². The van der Waals surface area contributed by atoms with E-state index in [0.29, 0.717) is 5.69 Å². The standard InChI is InChI=1S/C9H11N3O2/c1-14-8(10)12-9(13)11-7-5-3-2-4-6-7/h2-6H,1H3,(H3,10,11,12,13). The molecule has 5 heteroatoms. The van der Waals surface area contributed by atoms with Crippen LogP contribution in [0.1, 0.15) is 0 Å². The minimum atomic E-state index is -0.497. The van der Waals surface area contributed by atoms with Gasteiger partial charge >= 0.3 is 6.03 Å². The van der Waals surface area contributed by atoms with Crippen molar-refractivity contribution in [2.75, 3.05) is 12.4 Å². The van der Waals surface area contributed by atoms with Crippen molar-refractivity contribution >= 4 is 17.7 Å². The van der Waals surface area contributed by atoms with Gasteiger partial charge in [0.25, 0.3) is 6.02 Å². The summed E-state index contributed by atoms with van der Waals surface area (Å²) in [6.07, 6.45) is 0. The number of hydrogen-bond donors (Lipinski definition) is 3. The van der Waals surface area contributed by atoms with Crippen LogP contribution in [0.5, 0.6) is 0 Å². The number of carbonyl (C=O) groups excluding carboxylic acids is 1. The van der Waals surface area contributed by atoms with Gasteiger partial charge in [0.15, 0.2) is 0 Å². The number of ether oxygens (including phenoxy) is 1. The minimum absolute atomic E-state index is 0.293. The maximum atomic E-state index is 11.1. The van der Waals surface area contributed by atoms with E-state index in [1.165, 1.54) is 7.11 Å². The maximum absolute atomic E-state index is 11.1. The molecule has 0 heterocycles. The molecule has 0 aliphatic carbocycles. The van der Waals surface area contributed by atoms with Crippen molar-refractivity contribution in [3.05, 3.63) is 30.3 Å². The molecule has 0 aromatic heterocycles. The summed E-state index contributed by atoms with van der Waals surface area (Å²) in [5, 5.41) is 11.8. The number of methoxy groups -OCH3 is 1. The highest BCUT2D eigenvalue weighted by Gasteiger charge is 2.03. The van der Waals surface area contributed by atoms with E-state index in [9.17, 15) is 4.79 Å². The fraction of sp³-hybridized carbons (Fsp3) is 0.111. The zero-order valence-corrected chi connectivity index (χ0v) is 7.70. The monoisotopic (exact) mass is 193 g/mol. The van der Waals surface area contributed by atoms with Crippen LogP contribution in [0.3, 0.4) is 0 Å². The third-order valence-electron chi connectivity index (χ3n) is 1.46. The first-order valence-electron chi connectivity index (χ1n) is 3.98. The van der Waals surface area contributed by atoms with Crippen LogP contribution < -0.4 is 10.6 Å². The number of amides is 2. The maximum Gasteiger partial charge on any atom is 0.327 e. The second kappa shape index (κ2) is 4.86. The summed E-state index contributed by atoms with van der Waals surface area (Å²) < 4.78 is 4.47. The first-order valence-corrected chi connectivity index (χ1v) is 3.98. The summed E-state index contributed by atoms with van der Waals surface area (Å²) in [4.78, 5) is 11.1. The predicted octanol–water partition coefficient (Wildman–Crippen LogP) is 1.39. The van der Waals surface area contributed by atoms with E-state index in [2.05, 4.69) is 15.4 Å². The second-order valence-electron chi connectivity index (χ2n) is 2.48. The van der Waals surface area contributed by atoms with Gasteiger partial charge in [-0.25, -0.2) is 4.79 Å². The number of benzene rings is 1. The normalized spacial score (nSPS) is 8.93. The van der Waals surface area contributed by atoms with Crippen LogP contribution in [0.15, 0.2) is 30.3 Å². The summed E-state index contributed by atoms with van der Waals surface area (Å²) >= 11 is 0. The molecule has 0 radical (unpaired) electrons. The molecule has 0 unspecified atom stereocenters. The fourth-order valence-electron chi connectivity index (χ4n) is 0.838. The summed E-state index contributed by atoms with van der Waals surface area (Å²) in [6.45, 7) is 0. The number of rotatable bonds is 1. The first-order chi connectivity index (χ1) is 6.72. The van der Waals surface area contributed by atoms with Crippen LogP contribution in [-0.2, 0) is 4.74 Å². The summed E-state index contributed by atoms with van der Waals surface area (Å²) in [6, 6.07) is 8.15. The van der Waals surface area contributed by atoms with Gasteiger partial charge in [-0.15, -0.1) is 0 Å². The SMILES string of the molecule is COC(=N)NC(=O)Nc1ccccc1. The molecule has 1 aromatic rings. The van der Waals surface area contributed by atoms with Gasteiger partial charge in [-0.1, -0.05) is 18.2 Å². The predicted molar refractivity (Wildman–Crippen MR) is 53.3 cm³/mol. The Kier molecular flexibility index (Phi) is 3.49. The topological polar surface area (TPSA) is 74.2 Å². The Morgan fingerprint density at radius 3 is 2.57 bits per heavy atom. The fourth-order valence-corrected chi connectivity index (χ4v) is 0.838. The van der Waals surface area contributed by atoms with Crippen molar-refractivity contribution in [1.82, 2.24) is 5.32 Å². The number of carbonyl (C=O) groups is 1. The van der Waals surface area contributed by atoms with Gasteiger partial charge in [-0.2, -0.15) is 0 Å². The Labute approximate surface area is 81.6 Å². The van der Waals surface area contributed by atoms with Crippen molar-refractivity contribution in [1.29, 1.82) is 5.41 Å². The zero-order valence-electron chi connectivity index (χ0n) is 7.70. The lowest BCUT2D eigenvalue weighted by Crippen LogP contribution is -2.34. The Morgan fingerprint density at radius 1 is 1.36 bits per heavy atom. The van der Waals surface area contributed by atoms with Crippen LogP contribution in [0, 0.1) is 5.41 Å². The highest BCUT2D eigenvalue weighted by molar-refractivity contribution is 5.99. The van der Waals surface area contributed by atoms with E-state index in [4.69, 9.17) is 5.41 Å². The molecular formula is C9H11N3O2. The van der Waals surface area contributed by atoms with E-state index >= 15 is 0 Å².